The van der Waals surface area contributed by atoms with Gasteiger partial charge in [0.15, 0.2) is 17.2 Å². The van der Waals surface area contributed by atoms with Gasteiger partial charge in [0.25, 0.3) is 0 Å². The summed E-state index contributed by atoms with van der Waals surface area (Å²) in [5.41, 5.74) is 7.58. The number of nitrogens with two attached hydrogens (primary N) is 1. The Labute approximate surface area is 149 Å². The Morgan fingerprint density at radius 2 is 1.69 bits per heavy atom. The Morgan fingerprint density at radius 3 is 2.23 bits per heavy atom. The van der Waals surface area contributed by atoms with E-state index >= 15 is 0 Å². The van der Waals surface area contributed by atoms with Crippen LogP contribution in [0, 0.1) is 34.0 Å². The van der Waals surface area contributed by atoms with Gasteiger partial charge in [0.1, 0.15) is 35.2 Å². The van der Waals surface area contributed by atoms with E-state index in [4.69, 9.17) is 5.73 Å². The van der Waals surface area contributed by atoms with Crippen LogP contribution < -0.4 is 16.0 Å². The molecule has 2 aromatic heterocycles. The summed E-state index contributed by atoms with van der Waals surface area (Å²) in [7, 11) is 3.87. The third-order valence-corrected chi connectivity index (χ3v) is 3.77. The normalized spacial score (nSPS) is 9.96. The molecule has 3 N–H and O–H groups in total. The largest absolute Gasteiger partial charge is 0.382 e. The quantitative estimate of drug-likeness (QED) is 0.732. The van der Waals surface area contributed by atoms with E-state index in [1.165, 1.54) is 0 Å². The number of nitrogen functional groups attached to an aromatic ring is 1. The van der Waals surface area contributed by atoms with Crippen LogP contribution in [0.2, 0.25) is 0 Å². The fraction of sp³-hybridized carbons (Fsp3) is 0.118. The Hall–Kier alpha value is -4.29. The van der Waals surface area contributed by atoms with Crippen LogP contribution in [0.1, 0.15) is 16.8 Å². The third-order valence-electron chi connectivity index (χ3n) is 3.77. The van der Waals surface area contributed by atoms with Crippen LogP contribution >= 0.6 is 0 Å². The van der Waals surface area contributed by atoms with Crippen molar-refractivity contribution in [3.05, 3.63) is 41.1 Å². The van der Waals surface area contributed by atoms with Crippen LogP contribution in [0.4, 0.5) is 23.0 Å². The molecule has 9 heteroatoms. The molecule has 9 nitrogen and oxygen atoms in total. The Kier molecular flexibility index (Phi) is 4.02. The maximum atomic E-state index is 9.50. The number of nitrogens with zero attached hydrogens (tertiary/aromatic N) is 7. The van der Waals surface area contributed by atoms with Crippen LogP contribution in [0.3, 0.4) is 0 Å². The minimum atomic E-state index is -0.116. The van der Waals surface area contributed by atoms with Crippen molar-refractivity contribution >= 4 is 28.7 Å². The molecule has 0 bridgehead atoms. The van der Waals surface area contributed by atoms with E-state index in [2.05, 4.69) is 15.4 Å². The van der Waals surface area contributed by atoms with Crippen molar-refractivity contribution in [1.29, 1.82) is 15.8 Å². The lowest BCUT2D eigenvalue weighted by atomic mass is 10.2. The molecule has 0 aliphatic heterocycles. The fourth-order valence-corrected chi connectivity index (χ4v) is 2.45. The topological polar surface area (TPSA) is 143 Å². The van der Waals surface area contributed by atoms with Gasteiger partial charge in [0.05, 0.1) is 0 Å². The average molecular weight is 343 g/mol. The van der Waals surface area contributed by atoms with Crippen molar-refractivity contribution in [2.24, 2.45) is 0 Å². The van der Waals surface area contributed by atoms with E-state index in [1.54, 1.807) is 0 Å². The second-order valence-electron chi connectivity index (χ2n) is 5.58. The molecule has 0 aliphatic rings. The average Bonchev–Trinajstić information content (AvgIpc) is 2.97. The van der Waals surface area contributed by atoms with E-state index in [1.807, 2.05) is 61.5 Å². The molecule has 3 rings (SSSR count). The van der Waals surface area contributed by atoms with Gasteiger partial charge in [-0.05, 0) is 24.3 Å². The zero-order chi connectivity index (χ0) is 18.8. The number of hydrogen-bond acceptors (Lipinski definition) is 8. The molecule has 1 aromatic carbocycles. The molecule has 2 heterocycles. The Balaban J connectivity index is 2.14. The first kappa shape index (κ1) is 16.6. The summed E-state index contributed by atoms with van der Waals surface area (Å²) < 4.78 is 1.16. The van der Waals surface area contributed by atoms with Crippen molar-refractivity contribution in [3.8, 4) is 18.2 Å². The lowest BCUT2D eigenvalue weighted by Gasteiger charge is -2.12. The number of fused-ring (bicyclic) bond motifs is 1. The summed E-state index contributed by atoms with van der Waals surface area (Å²) in [6, 6.07) is 13.3. The first-order valence-corrected chi connectivity index (χ1v) is 7.47. The summed E-state index contributed by atoms with van der Waals surface area (Å²) in [6.45, 7) is 0. The predicted molar refractivity (Wildman–Crippen MR) is 95.6 cm³/mol. The van der Waals surface area contributed by atoms with Crippen LogP contribution in [-0.2, 0) is 0 Å². The molecule has 0 saturated heterocycles. The second-order valence-corrected chi connectivity index (χ2v) is 5.58. The molecule has 0 saturated carbocycles. The monoisotopic (exact) mass is 343 g/mol. The Morgan fingerprint density at radius 1 is 1.04 bits per heavy atom. The molecule has 0 atom stereocenters. The zero-order valence-corrected chi connectivity index (χ0v) is 14.0. The van der Waals surface area contributed by atoms with Gasteiger partial charge in [0, 0.05) is 25.5 Å². The lowest BCUT2D eigenvalue weighted by molar-refractivity contribution is 0.921. The number of rotatable bonds is 3. The predicted octanol–water partition coefficient (Wildman–Crippen LogP) is 1.74. The first-order chi connectivity index (χ1) is 12.5. The van der Waals surface area contributed by atoms with Crippen molar-refractivity contribution in [2.75, 3.05) is 30.0 Å². The van der Waals surface area contributed by atoms with Gasteiger partial charge in [-0.1, -0.05) is 0 Å². The molecule has 0 radical (unpaired) electrons. The van der Waals surface area contributed by atoms with E-state index in [-0.39, 0.29) is 34.1 Å². The van der Waals surface area contributed by atoms with Crippen molar-refractivity contribution in [3.63, 3.8) is 0 Å². The molecular formula is C17H13N9. The maximum Gasteiger partial charge on any atom is 0.179 e. The molecule has 126 valence electrons. The number of nitriles is 3. The van der Waals surface area contributed by atoms with Crippen LogP contribution in [0.5, 0.6) is 0 Å². The van der Waals surface area contributed by atoms with Crippen LogP contribution in [0.15, 0.2) is 24.3 Å². The van der Waals surface area contributed by atoms with Gasteiger partial charge >= 0.3 is 0 Å². The van der Waals surface area contributed by atoms with Gasteiger partial charge in [0.2, 0.25) is 0 Å². The van der Waals surface area contributed by atoms with E-state index in [0.29, 0.717) is 5.69 Å². The van der Waals surface area contributed by atoms with Gasteiger partial charge in [-0.15, -0.1) is 5.10 Å². The highest BCUT2D eigenvalue weighted by Gasteiger charge is 2.21. The molecule has 0 amide bonds. The smallest absolute Gasteiger partial charge is 0.179 e. The summed E-state index contributed by atoms with van der Waals surface area (Å²) in [6.07, 6.45) is 0. The number of nitrogens with one attached hydrogen (secondary N) is 1. The van der Waals surface area contributed by atoms with Gasteiger partial charge in [-0.2, -0.15) is 20.3 Å². The first-order valence-electron chi connectivity index (χ1n) is 7.47. The number of hydrogen-bond donors (Lipinski definition) is 2. The fourth-order valence-electron chi connectivity index (χ4n) is 2.45. The van der Waals surface area contributed by atoms with Crippen molar-refractivity contribution in [1.82, 2.24) is 14.6 Å². The van der Waals surface area contributed by atoms with Gasteiger partial charge < -0.3 is 16.0 Å². The van der Waals surface area contributed by atoms with Gasteiger partial charge in [-0.3, -0.25) is 0 Å². The zero-order valence-electron chi connectivity index (χ0n) is 14.0. The standard InChI is InChI=1S/C17H13N9/c1-25(2)11-5-3-10(4-6-11)22-16-13(8-19)17-23-15(21)12(7-18)14(9-20)26(17)24-16/h3-6H,1-2H3,(H2,21,23)(H,22,24). The summed E-state index contributed by atoms with van der Waals surface area (Å²) in [5, 5.41) is 35.3. The summed E-state index contributed by atoms with van der Waals surface area (Å²) in [5.74, 6) is 0.110. The molecule has 0 fully saturated rings. The highest BCUT2D eigenvalue weighted by Crippen LogP contribution is 2.26. The van der Waals surface area contributed by atoms with E-state index in [9.17, 15) is 15.8 Å². The lowest BCUT2D eigenvalue weighted by Crippen LogP contribution is -2.08. The van der Waals surface area contributed by atoms with Crippen LogP contribution in [0.25, 0.3) is 5.65 Å². The minimum absolute atomic E-state index is 0.0671. The number of aromatic nitrogens is 3. The Bertz CT molecular complexity index is 1120. The number of benzene rings is 1. The molecule has 0 spiro atoms. The minimum Gasteiger partial charge on any atom is -0.382 e. The van der Waals surface area contributed by atoms with E-state index in [0.717, 1.165) is 10.2 Å². The molecule has 26 heavy (non-hydrogen) atoms. The highest BCUT2D eigenvalue weighted by molar-refractivity contribution is 5.75. The molecule has 0 aliphatic carbocycles. The second kappa shape index (κ2) is 6.31. The number of anilines is 4. The molecule has 0 unspecified atom stereocenters. The molecule has 3 aromatic rings. The SMILES string of the molecule is CN(C)c1ccc(Nc2nn3c(C#N)c(C#N)c(N)nc3c2C#N)cc1. The van der Waals surface area contributed by atoms with E-state index < -0.39 is 0 Å². The maximum absolute atomic E-state index is 9.50. The molecular weight excluding hydrogens is 330 g/mol. The van der Waals surface area contributed by atoms with Gasteiger partial charge in [-0.25, -0.2) is 4.98 Å². The van der Waals surface area contributed by atoms with Crippen molar-refractivity contribution < 1.29 is 0 Å². The van der Waals surface area contributed by atoms with Crippen LogP contribution in [-0.4, -0.2) is 28.7 Å². The summed E-state index contributed by atoms with van der Waals surface area (Å²) in [4.78, 5) is 6.02. The highest BCUT2D eigenvalue weighted by atomic mass is 15.3. The van der Waals surface area contributed by atoms with Crippen molar-refractivity contribution in [2.45, 2.75) is 0 Å². The summed E-state index contributed by atoms with van der Waals surface area (Å²) >= 11 is 0. The third kappa shape index (κ3) is 2.58.